The lowest BCUT2D eigenvalue weighted by molar-refractivity contribution is 0.259. The van der Waals surface area contributed by atoms with Gasteiger partial charge in [0.25, 0.3) is 0 Å². The average molecular weight is 369 g/mol. The van der Waals surface area contributed by atoms with Crippen molar-refractivity contribution in [3.05, 3.63) is 34.1 Å². The van der Waals surface area contributed by atoms with Crippen LogP contribution in [0, 0.1) is 6.92 Å². The van der Waals surface area contributed by atoms with Gasteiger partial charge in [-0.05, 0) is 30.7 Å². The van der Waals surface area contributed by atoms with Crippen LogP contribution in [0.1, 0.15) is 11.4 Å². The number of benzene rings is 1. The first-order valence-corrected chi connectivity index (χ1v) is 8.63. The Morgan fingerprint density at radius 1 is 1.48 bits per heavy atom. The monoisotopic (exact) mass is 368 g/mol. The smallest absolute Gasteiger partial charge is 0.191 e. The van der Waals surface area contributed by atoms with Crippen molar-refractivity contribution >= 4 is 27.7 Å². The van der Waals surface area contributed by atoms with Gasteiger partial charge in [-0.3, -0.25) is 0 Å². The predicted molar refractivity (Wildman–Crippen MR) is 86.8 cm³/mol. The zero-order chi connectivity index (χ0) is 14.8. The molecule has 2 N–H and O–H groups in total. The van der Waals surface area contributed by atoms with Gasteiger partial charge in [-0.2, -0.15) is 0 Å². The van der Waals surface area contributed by atoms with Crippen LogP contribution in [0.3, 0.4) is 0 Å². The first-order chi connectivity index (χ1) is 10.2. The molecular formula is C14H17BrN4OS. The highest BCUT2D eigenvalue weighted by molar-refractivity contribution is 9.10. The van der Waals surface area contributed by atoms with Gasteiger partial charge in [0.05, 0.1) is 0 Å². The number of hydrogen-bond acceptors (Lipinski definition) is 5. The summed E-state index contributed by atoms with van der Waals surface area (Å²) in [6, 6.07) is 6.15. The number of halogens is 1. The Kier molecular flexibility index (Phi) is 4.51. The molecule has 1 aromatic heterocycles. The molecular weight excluding hydrogens is 352 g/mol. The van der Waals surface area contributed by atoms with Crippen molar-refractivity contribution in [1.82, 2.24) is 14.8 Å². The van der Waals surface area contributed by atoms with E-state index in [4.69, 9.17) is 10.5 Å². The predicted octanol–water partition coefficient (Wildman–Crippen LogP) is 2.40. The van der Waals surface area contributed by atoms with Crippen LogP contribution in [0.4, 0.5) is 0 Å². The van der Waals surface area contributed by atoms with Crippen LogP contribution in [0.15, 0.2) is 27.8 Å². The summed E-state index contributed by atoms with van der Waals surface area (Å²) in [5.74, 6) is 2.75. The minimum absolute atomic E-state index is 0.183. The summed E-state index contributed by atoms with van der Waals surface area (Å²) in [5, 5.41) is 9.25. The largest absolute Gasteiger partial charge is 0.489 e. The average Bonchev–Trinajstić information content (AvgIpc) is 3.01. The highest BCUT2D eigenvalue weighted by Gasteiger charge is 2.24. The fourth-order valence-electron chi connectivity index (χ4n) is 2.40. The molecule has 0 radical (unpaired) electrons. The highest BCUT2D eigenvalue weighted by atomic mass is 79.9. The molecule has 7 heteroatoms. The summed E-state index contributed by atoms with van der Waals surface area (Å²) < 4.78 is 9.12. The van der Waals surface area contributed by atoms with Crippen molar-refractivity contribution in [2.24, 2.45) is 5.73 Å². The number of aromatic nitrogens is 3. The highest BCUT2D eigenvalue weighted by Crippen LogP contribution is 2.33. The maximum Gasteiger partial charge on any atom is 0.191 e. The Hall–Kier alpha value is -1.05. The molecule has 0 bridgehead atoms. The van der Waals surface area contributed by atoms with Crippen LogP contribution < -0.4 is 10.5 Å². The Bertz CT molecular complexity index is 646. The van der Waals surface area contributed by atoms with Gasteiger partial charge in [0.15, 0.2) is 5.16 Å². The maximum absolute atomic E-state index is 5.97. The van der Waals surface area contributed by atoms with E-state index in [2.05, 4.69) is 36.8 Å². The van der Waals surface area contributed by atoms with Crippen molar-refractivity contribution in [1.29, 1.82) is 0 Å². The van der Waals surface area contributed by atoms with Gasteiger partial charge in [-0.1, -0.05) is 27.7 Å². The minimum Gasteiger partial charge on any atom is -0.489 e. The molecule has 2 heterocycles. The van der Waals surface area contributed by atoms with Gasteiger partial charge in [0, 0.05) is 29.7 Å². The van der Waals surface area contributed by atoms with Crippen molar-refractivity contribution in [3.8, 4) is 5.75 Å². The third-order valence-corrected chi connectivity index (χ3v) is 5.01. The van der Waals surface area contributed by atoms with E-state index >= 15 is 0 Å². The first kappa shape index (κ1) is 14.9. The van der Waals surface area contributed by atoms with Crippen LogP contribution in [-0.4, -0.2) is 33.2 Å². The maximum atomic E-state index is 5.97. The number of rotatable bonds is 5. The van der Waals surface area contributed by atoms with Crippen LogP contribution in [0.2, 0.25) is 0 Å². The second kappa shape index (κ2) is 6.37. The number of nitrogens with zero attached hydrogens (tertiary/aromatic N) is 3. The van der Waals surface area contributed by atoms with E-state index in [1.807, 2.05) is 19.1 Å². The van der Waals surface area contributed by atoms with E-state index in [9.17, 15) is 0 Å². The summed E-state index contributed by atoms with van der Waals surface area (Å²) in [5.41, 5.74) is 6.89. The topological polar surface area (TPSA) is 66.0 Å². The normalized spacial score (nSPS) is 16.8. The summed E-state index contributed by atoms with van der Waals surface area (Å²) in [4.78, 5) is 0. The molecule has 3 rings (SSSR count). The van der Waals surface area contributed by atoms with E-state index in [1.165, 1.54) is 5.56 Å². The Morgan fingerprint density at radius 2 is 2.33 bits per heavy atom. The van der Waals surface area contributed by atoms with Crippen LogP contribution in [-0.2, 0) is 13.0 Å². The minimum atomic E-state index is 0.183. The van der Waals surface area contributed by atoms with Gasteiger partial charge in [0.1, 0.15) is 17.7 Å². The molecule has 5 nitrogen and oxygen atoms in total. The second-order valence-electron chi connectivity index (χ2n) is 4.98. The van der Waals surface area contributed by atoms with Crippen LogP contribution in [0.5, 0.6) is 5.75 Å². The van der Waals surface area contributed by atoms with Crippen molar-refractivity contribution in [2.45, 2.75) is 31.1 Å². The van der Waals surface area contributed by atoms with Gasteiger partial charge in [-0.25, -0.2) is 0 Å². The standard InChI is InChI=1S/C14H17BrN4OS/c1-9-17-18-14(19(9)5-4-16)21-8-12-7-10-6-11(15)2-3-13(10)20-12/h2-3,6,12H,4-5,7-8,16H2,1H3. The SMILES string of the molecule is Cc1nnc(SCC2Cc3cc(Br)ccc3O2)n1CCN. The summed E-state index contributed by atoms with van der Waals surface area (Å²) in [6.45, 7) is 3.29. The van der Waals surface area contributed by atoms with E-state index in [1.54, 1.807) is 11.8 Å². The molecule has 1 aliphatic heterocycles. The molecule has 1 aliphatic rings. The zero-order valence-corrected chi connectivity index (χ0v) is 14.2. The molecule has 2 aromatic rings. The Labute approximate surface area is 136 Å². The zero-order valence-electron chi connectivity index (χ0n) is 11.8. The van der Waals surface area contributed by atoms with Crippen molar-refractivity contribution < 1.29 is 4.74 Å². The van der Waals surface area contributed by atoms with Crippen LogP contribution in [0.25, 0.3) is 0 Å². The molecule has 0 saturated heterocycles. The van der Waals surface area contributed by atoms with E-state index in [0.717, 1.165) is 39.9 Å². The third kappa shape index (κ3) is 3.25. The molecule has 0 amide bonds. The fourth-order valence-corrected chi connectivity index (χ4v) is 3.81. The number of nitrogens with two attached hydrogens (primary N) is 1. The molecule has 1 atom stereocenters. The quantitative estimate of drug-likeness (QED) is 0.820. The fraction of sp³-hybridized carbons (Fsp3) is 0.429. The number of thioether (sulfide) groups is 1. The molecule has 1 aromatic carbocycles. The molecule has 0 spiro atoms. The first-order valence-electron chi connectivity index (χ1n) is 6.85. The van der Waals surface area contributed by atoms with Gasteiger partial charge in [-0.15, -0.1) is 10.2 Å². The Balaban J connectivity index is 1.62. The molecule has 0 aliphatic carbocycles. The summed E-state index contributed by atoms with van der Waals surface area (Å²) >= 11 is 5.17. The van der Waals surface area contributed by atoms with E-state index < -0.39 is 0 Å². The molecule has 112 valence electrons. The number of ether oxygens (including phenoxy) is 1. The van der Waals surface area contributed by atoms with Gasteiger partial charge >= 0.3 is 0 Å². The lowest BCUT2D eigenvalue weighted by Gasteiger charge is -2.11. The third-order valence-electron chi connectivity index (χ3n) is 3.42. The van der Waals surface area contributed by atoms with Crippen LogP contribution >= 0.6 is 27.7 Å². The van der Waals surface area contributed by atoms with Gasteiger partial charge < -0.3 is 15.0 Å². The second-order valence-corrected chi connectivity index (χ2v) is 6.88. The number of fused-ring (bicyclic) bond motifs is 1. The van der Waals surface area contributed by atoms with Crippen molar-refractivity contribution in [3.63, 3.8) is 0 Å². The lowest BCUT2D eigenvalue weighted by atomic mass is 10.1. The van der Waals surface area contributed by atoms with E-state index in [-0.39, 0.29) is 6.10 Å². The van der Waals surface area contributed by atoms with E-state index in [0.29, 0.717) is 6.54 Å². The molecule has 0 fully saturated rings. The van der Waals surface area contributed by atoms with Gasteiger partial charge in [0.2, 0.25) is 0 Å². The lowest BCUT2D eigenvalue weighted by Crippen LogP contribution is -2.17. The molecule has 21 heavy (non-hydrogen) atoms. The number of hydrogen-bond donors (Lipinski definition) is 1. The van der Waals surface area contributed by atoms with Crippen molar-refractivity contribution in [2.75, 3.05) is 12.3 Å². The summed E-state index contributed by atoms with van der Waals surface area (Å²) in [7, 11) is 0. The summed E-state index contributed by atoms with van der Waals surface area (Å²) in [6.07, 6.45) is 1.12. The molecule has 1 unspecified atom stereocenters. The number of aryl methyl sites for hydroxylation is 1. The molecule has 0 saturated carbocycles. The Morgan fingerprint density at radius 3 is 3.14 bits per heavy atom.